The van der Waals surface area contributed by atoms with Crippen molar-refractivity contribution in [2.75, 3.05) is 6.54 Å². The molecule has 0 fully saturated rings. The van der Waals surface area contributed by atoms with Gasteiger partial charge in [0.05, 0.1) is 11.1 Å². The van der Waals surface area contributed by atoms with Crippen LogP contribution in [0.25, 0.3) is 0 Å². The molecule has 1 unspecified atom stereocenters. The first kappa shape index (κ1) is 21.0. The maximum absolute atomic E-state index is 14.7. The minimum atomic E-state index is -0.666. The van der Waals surface area contributed by atoms with Gasteiger partial charge < -0.3 is 4.74 Å². The van der Waals surface area contributed by atoms with Crippen LogP contribution >= 0.6 is 38.5 Å². The molecule has 4 rings (SSSR count). The molecule has 3 aromatic carbocycles. The lowest BCUT2D eigenvalue weighted by atomic mass is 10.1. The summed E-state index contributed by atoms with van der Waals surface area (Å²) in [6, 6.07) is 19.0. The Balaban J connectivity index is 1.59. The van der Waals surface area contributed by atoms with E-state index in [9.17, 15) is 14.0 Å². The van der Waals surface area contributed by atoms with Gasteiger partial charge in [-0.05, 0) is 65.1 Å². The minimum absolute atomic E-state index is 0.121. The highest BCUT2D eigenvalue weighted by molar-refractivity contribution is 14.1. The first-order valence-corrected chi connectivity index (χ1v) is 11.1. The maximum atomic E-state index is 14.7. The molecule has 0 bridgehead atoms. The van der Waals surface area contributed by atoms with Crippen LogP contribution in [0, 0.1) is 9.39 Å². The molecular formula is C23H16BrFINO3. The molecule has 0 N–H and O–H groups in total. The van der Waals surface area contributed by atoms with Gasteiger partial charge in [0.1, 0.15) is 17.7 Å². The van der Waals surface area contributed by atoms with Crippen LogP contribution < -0.4 is 4.74 Å². The zero-order chi connectivity index (χ0) is 21.3. The van der Waals surface area contributed by atoms with Crippen molar-refractivity contribution < 1.29 is 18.7 Å². The van der Waals surface area contributed by atoms with Crippen molar-refractivity contribution in [1.82, 2.24) is 4.90 Å². The van der Waals surface area contributed by atoms with Crippen molar-refractivity contribution in [2.45, 2.75) is 12.5 Å². The minimum Gasteiger partial charge on any atom is -0.486 e. The third kappa shape index (κ3) is 4.27. The van der Waals surface area contributed by atoms with Gasteiger partial charge in [-0.15, -0.1) is 0 Å². The SMILES string of the molecule is O=C1c2ccccc2C(=O)N1CCC(Oc1cccc(I)c1)c1ccc(Br)cc1F. The summed E-state index contributed by atoms with van der Waals surface area (Å²) in [6.45, 7) is 0.121. The van der Waals surface area contributed by atoms with Crippen LogP contribution in [0.4, 0.5) is 4.39 Å². The van der Waals surface area contributed by atoms with Gasteiger partial charge >= 0.3 is 0 Å². The molecule has 2 amide bonds. The number of nitrogens with zero attached hydrogens (tertiary/aromatic N) is 1. The van der Waals surface area contributed by atoms with Gasteiger partial charge in [0.25, 0.3) is 11.8 Å². The molecule has 1 heterocycles. The lowest BCUT2D eigenvalue weighted by Crippen LogP contribution is -2.32. The van der Waals surface area contributed by atoms with Crippen molar-refractivity contribution in [3.8, 4) is 5.75 Å². The molecule has 30 heavy (non-hydrogen) atoms. The lowest BCUT2D eigenvalue weighted by molar-refractivity contribution is 0.0629. The second kappa shape index (κ2) is 8.85. The maximum Gasteiger partial charge on any atom is 0.261 e. The van der Waals surface area contributed by atoms with Crippen molar-refractivity contribution in [3.05, 3.63) is 97.3 Å². The number of imide groups is 1. The number of ether oxygens (including phenoxy) is 1. The highest BCUT2D eigenvalue weighted by atomic mass is 127. The van der Waals surface area contributed by atoms with Crippen LogP contribution in [0.2, 0.25) is 0 Å². The Morgan fingerprint density at radius 1 is 0.967 bits per heavy atom. The number of amides is 2. The quantitative estimate of drug-likeness (QED) is 0.266. The molecule has 0 saturated carbocycles. The predicted molar refractivity (Wildman–Crippen MR) is 123 cm³/mol. The van der Waals surface area contributed by atoms with Crippen LogP contribution in [0.5, 0.6) is 5.75 Å². The second-order valence-corrected chi connectivity index (χ2v) is 8.99. The standard InChI is InChI=1S/C23H16BrFINO3/c24-14-8-9-19(20(25)12-14)21(30-16-5-3-4-15(26)13-16)10-11-27-22(28)17-6-1-2-7-18(17)23(27)29/h1-9,12-13,21H,10-11H2. The summed E-state index contributed by atoms with van der Waals surface area (Å²) >= 11 is 5.45. The monoisotopic (exact) mass is 579 g/mol. The third-order valence-electron chi connectivity index (χ3n) is 4.88. The van der Waals surface area contributed by atoms with Gasteiger partial charge in [-0.1, -0.05) is 40.2 Å². The summed E-state index contributed by atoms with van der Waals surface area (Å²) in [5.74, 6) is -0.487. The van der Waals surface area contributed by atoms with Crippen LogP contribution in [0.3, 0.4) is 0 Å². The molecule has 152 valence electrons. The van der Waals surface area contributed by atoms with E-state index in [1.165, 1.54) is 11.0 Å². The van der Waals surface area contributed by atoms with Gasteiger partial charge in [0.2, 0.25) is 0 Å². The molecule has 1 atom stereocenters. The third-order valence-corrected chi connectivity index (χ3v) is 6.04. The topological polar surface area (TPSA) is 46.6 Å². The number of hydrogen-bond acceptors (Lipinski definition) is 3. The predicted octanol–water partition coefficient (Wildman–Crippen LogP) is 6.00. The van der Waals surface area contributed by atoms with Crippen molar-refractivity contribution >= 4 is 50.3 Å². The number of fused-ring (bicyclic) bond motifs is 1. The van der Waals surface area contributed by atoms with E-state index >= 15 is 0 Å². The number of carbonyl (C=O) groups excluding carboxylic acids is 2. The van der Waals surface area contributed by atoms with Crippen LogP contribution in [0.15, 0.2) is 71.2 Å². The fourth-order valence-corrected chi connectivity index (χ4v) is 4.28. The molecule has 4 nitrogen and oxygen atoms in total. The molecule has 0 aliphatic carbocycles. The second-order valence-electron chi connectivity index (χ2n) is 6.83. The van der Waals surface area contributed by atoms with Crippen LogP contribution in [-0.2, 0) is 0 Å². The van der Waals surface area contributed by atoms with E-state index < -0.39 is 11.9 Å². The molecule has 3 aromatic rings. The van der Waals surface area contributed by atoms with Crippen molar-refractivity contribution in [3.63, 3.8) is 0 Å². The number of benzene rings is 3. The smallest absolute Gasteiger partial charge is 0.261 e. The molecule has 0 spiro atoms. The fraction of sp³-hybridized carbons (Fsp3) is 0.130. The number of halogens is 3. The summed E-state index contributed by atoms with van der Waals surface area (Å²) in [5.41, 5.74) is 1.16. The number of hydrogen-bond donors (Lipinski definition) is 0. The average molecular weight is 580 g/mol. The Labute approximate surface area is 195 Å². The molecule has 1 aliphatic rings. The Hall–Kier alpha value is -2.26. The summed E-state index contributed by atoms with van der Waals surface area (Å²) in [7, 11) is 0. The fourth-order valence-electron chi connectivity index (χ4n) is 3.43. The molecular weight excluding hydrogens is 564 g/mol. The van der Waals surface area contributed by atoms with E-state index in [2.05, 4.69) is 38.5 Å². The van der Waals surface area contributed by atoms with Crippen molar-refractivity contribution in [2.24, 2.45) is 0 Å². The van der Waals surface area contributed by atoms with Gasteiger partial charge in [-0.25, -0.2) is 4.39 Å². The lowest BCUT2D eigenvalue weighted by Gasteiger charge is -2.23. The number of carbonyl (C=O) groups is 2. The highest BCUT2D eigenvalue weighted by Crippen LogP contribution is 2.31. The Bertz CT molecular complexity index is 1100. The van der Waals surface area contributed by atoms with E-state index in [1.54, 1.807) is 42.5 Å². The van der Waals surface area contributed by atoms with E-state index in [0.29, 0.717) is 26.9 Å². The molecule has 0 radical (unpaired) electrons. The summed E-state index contributed by atoms with van der Waals surface area (Å²) in [6.07, 6.45) is -0.407. The zero-order valence-electron chi connectivity index (χ0n) is 15.6. The summed E-state index contributed by atoms with van der Waals surface area (Å²) < 4.78 is 22.4. The Morgan fingerprint density at radius 3 is 2.30 bits per heavy atom. The van der Waals surface area contributed by atoms with Gasteiger partial charge in [-0.3, -0.25) is 14.5 Å². The van der Waals surface area contributed by atoms with Gasteiger partial charge in [-0.2, -0.15) is 0 Å². The average Bonchev–Trinajstić information content (AvgIpc) is 2.96. The highest BCUT2D eigenvalue weighted by Gasteiger charge is 2.35. The van der Waals surface area contributed by atoms with Crippen LogP contribution in [0.1, 0.15) is 38.8 Å². The normalized spacial score (nSPS) is 14.0. The first-order chi connectivity index (χ1) is 14.4. The molecule has 0 aromatic heterocycles. The summed E-state index contributed by atoms with van der Waals surface area (Å²) in [5, 5.41) is 0. The van der Waals surface area contributed by atoms with E-state index in [-0.39, 0.29) is 24.8 Å². The van der Waals surface area contributed by atoms with Gasteiger partial charge in [0.15, 0.2) is 0 Å². The summed E-state index contributed by atoms with van der Waals surface area (Å²) in [4.78, 5) is 26.5. The molecule has 1 aliphatic heterocycles. The largest absolute Gasteiger partial charge is 0.486 e. The van der Waals surface area contributed by atoms with E-state index in [0.717, 1.165) is 3.57 Å². The van der Waals surface area contributed by atoms with E-state index in [1.807, 2.05) is 18.2 Å². The molecule has 0 saturated heterocycles. The van der Waals surface area contributed by atoms with Gasteiger partial charge in [0, 0.05) is 26.6 Å². The number of rotatable bonds is 6. The van der Waals surface area contributed by atoms with E-state index in [4.69, 9.17) is 4.74 Å². The van der Waals surface area contributed by atoms with Crippen molar-refractivity contribution in [1.29, 1.82) is 0 Å². The Kier molecular flexibility index (Phi) is 6.19. The zero-order valence-corrected chi connectivity index (χ0v) is 19.4. The molecule has 7 heteroatoms. The first-order valence-electron chi connectivity index (χ1n) is 9.26. The Morgan fingerprint density at radius 2 is 1.67 bits per heavy atom. The van der Waals surface area contributed by atoms with Crippen LogP contribution in [-0.4, -0.2) is 23.3 Å².